The smallest absolute Gasteiger partial charge is 0.395 e. The minimum Gasteiger partial charge on any atom is -0.633 e. The Bertz CT molecular complexity index is 246. The van der Waals surface area contributed by atoms with Crippen LogP contribution in [0.25, 0.3) is 0 Å². The van der Waals surface area contributed by atoms with Gasteiger partial charge in [-0.25, -0.2) is 0 Å². The van der Waals surface area contributed by atoms with Crippen molar-refractivity contribution in [3.63, 3.8) is 0 Å². The van der Waals surface area contributed by atoms with Crippen molar-refractivity contribution in [3.8, 4) is 0 Å². The number of quaternary nitrogens is 1. The number of aliphatic hydroxyl groups is 1. The molecule has 0 heterocycles. The summed E-state index contributed by atoms with van der Waals surface area (Å²) in [6, 6.07) is 0. The molecule has 0 aliphatic rings. The minimum absolute atomic E-state index is 0.707. The van der Waals surface area contributed by atoms with Crippen molar-refractivity contribution in [1.82, 2.24) is 0 Å². The summed E-state index contributed by atoms with van der Waals surface area (Å²) in [5, 5.41) is 17.8. The Hall–Kier alpha value is 0.180. The molecule has 9 nitrogen and oxygen atoms in total. The second kappa shape index (κ2) is 4.80. The summed E-state index contributed by atoms with van der Waals surface area (Å²) in [4.78, 5) is 34.1. The van der Waals surface area contributed by atoms with E-state index in [0.29, 0.717) is 0 Å². The van der Waals surface area contributed by atoms with E-state index in [1.807, 2.05) is 0 Å². The fourth-order valence-corrected chi connectivity index (χ4v) is 3.39. The van der Waals surface area contributed by atoms with Crippen molar-refractivity contribution in [2.75, 3.05) is 13.2 Å². The molecule has 0 aromatic carbocycles. The minimum atomic E-state index is -5.21. The van der Waals surface area contributed by atoms with Crippen LogP contribution >= 0.6 is 15.2 Å². The Labute approximate surface area is 78.9 Å². The first kappa shape index (κ1) is 14.2. The van der Waals surface area contributed by atoms with Gasteiger partial charge in [-0.3, -0.25) is 9.13 Å². The van der Waals surface area contributed by atoms with E-state index in [2.05, 4.69) is 0 Å². The van der Waals surface area contributed by atoms with Crippen LogP contribution in [0.3, 0.4) is 0 Å². The van der Waals surface area contributed by atoms with Crippen LogP contribution in [-0.4, -0.2) is 43.4 Å². The van der Waals surface area contributed by atoms with Gasteiger partial charge in [-0.2, -0.15) is 0 Å². The van der Waals surface area contributed by atoms with Crippen molar-refractivity contribution in [3.05, 3.63) is 5.21 Å². The van der Waals surface area contributed by atoms with Crippen molar-refractivity contribution in [2.24, 2.45) is 0 Å². The van der Waals surface area contributed by atoms with Crippen LogP contribution in [0, 0.1) is 5.21 Å². The Morgan fingerprint density at radius 3 is 1.71 bits per heavy atom. The molecule has 86 valence electrons. The number of nitrogens with one attached hydrogen (secondary N) is 1. The van der Waals surface area contributed by atoms with Crippen molar-refractivity contribution >= 4 is 15.2 Å². The third-order valence-electron chi connectivity index (χ3n) is 1.28. The zero-order chi connectivity index (χ0) is 11.6. The highest BCUT2D eigenvalue weighted by Gasteiger charge is 2.49. The van der Waals surface area contributed by atoms with Gasteiger partial charge in [0.2, 0.25) is 0 Å². The van der Waals surface area contributed by atoms with Crippen molar-refractivity contribution in [2.45, 2.75) is 5.52 Å². The van der Waals surface area contributed by atoms with E-state index in [1.165, 1.54) is 0 Å². The number of hydrogen-bond acceptors (Lipinski definition) is 4. The van der Waals surface area contributed by atoms with Gasteiger partial charge in [-0.15, -0.1) is 0 Å². The Morgan fingerprint density at radius 2 is 1.50 bits per heavy atom. The first-order valence-corrected chi connectivity index (χ1v) is 6.71. The summed E-state index contributed by atoms with van der Waals surface area (Å²) in [6.07, 6.45) is 0. The third-order valence-corrected chi connectivity index (χ3v) is 4.94. The molecule has 1 unspecified atom stereocenters. The maximum absolute atomic E-state index is 10.9. The van der Waals surface area contributed by atoms with E-state index in [-0.39, 0.29) is 0 Å². The van der Waals surface area contributed by atoms with Crippen LogP contribution < -0.4 is 5.06 Å². The molecule has 0 saturated carbocycles. The van der Waals surface area contributed by atoms with Crippen LogP contribution in [-0.2, 0) is 9.13 Å². The molecule has 0 fully saturated rings. The number of hydroxylamine groups is 2. The lowest BCUT2D eigenvalue weighted by atomic mass is 10.7. The van der Waals surface area contributed by atoms with Gasteiger partial charge in [0.15, 0.2) is 0 Å². The molecule has 0 radical (unpaired) electrons. The van der Waals surface area contributed by atoms with Crippen molar-refractivity contribution in [1.29, 1.82) is 0 Å². The second-order valence-corrected chi connectivity index (χ2v) is 6.29. The standard InChI is InChI=1S/C3H11NO8P2/c5-2-1-4(6)3(13(7,8)9)14(10,11)12/h3-5H,1-2H2,(H2,7,8,9)(H2,10,11,12). The predicted molar refractivity (Wildman–Crippen MR) is 44.2 cm³/mol. The largest absolute Gasteiger partial charge is 0.633 e. The lowest BCUT2D eigenvalue weighted by molar-refractivity contribution is -0.849. The normalized spacial score (nSPS) is 15.9. The van der Waals surface area contributed by atoms with E-state index < -0.39 is 38.9 Å². The number of hydrogen-bond donors (Lipinski definition) is 6. The highest BCUT2D eigenvalue weighted by atomic mass is 31.2. The van der Waals surface area contributed by atoms with E-state index in [4.69, 9.17) is 24.7 Å². The molecular weight excluding hydrogens is 240 g/mol. The molecule has 0 rings (SSSR count). The SMILES string of the molecule is O=P(O)(O)C([NH+]([O-])CCO)P(=O)(O)O. The summed E-state index contributed by atoms with van der Waals surface area (Å²) in [5.41, 5.74) is -2.66. The van der Waals surface area contributed by atoms with Crippen LogP contribution in [0.4, 0.5) is 0 Å². The predicted octanol–water partition coefficient (Wildman–Crippen LogP) is -3.00. The van der Waals surface area contributed by atoms with Gasteiger partial charge in [0.1, 0.15) is 6.54 Å². The highest BCUT2D eigenvalue weighted by molar-refractivity contribution is 7.70. The molecule has 0 bridgehead atoms. The zero-order valence-corrected chi connectivity index (χ0v) is 8.64. The van der Waals surface area contributed by atoms with E-state index in [1.54, 1.807) is 0 Å². The van der Waals surface area contributed by atoms with Gasteiger partial charge >= 0.3 is 15.2 Å². The summed E-state index contributed by atoms with van der Waals surface area (Å²) in [6.45, 7) is -1.43. The maximum atomic E-state index is 10.9. The van der Waals surface area contributed by atoms with E-state index >= 15 is 0 Å². The molecule has 0 aliphatic heterocycles. The first-order valence-electron chi connectivity index (χ1n) is 3.34. The molecule has 0 aromatic heterocycles. The lowest BCUT2D eigenvalue weighted by Gasteiger charge is -2.30. The molecule has 0 amide bonds. The number of rotatable bonds is 5. The van der Waals surface area contributed by atoms with E-state index in [0.717, 1.165) is 0 Å². The van der Waals surface area contributed by atoms with Crippen LogP contribution in [0.2, 0.25) is 0 Å². The molecule has 1 atom stereocenters. The third kappa shape index (κ3) is 4.14. The maximum Gasteiger partial charge on any atom is 0.395 e. The summed E-state index contributed by atoms with van der Waals surface area (Å²) < 4.78 is 21.2. The molecule has 0 saturated heterocycles. The van der Waals surface area contributed by atoms with Gasteiger partial charge in [0, 0.05) is 0 Å². The van der Waals surface area contributed by atoms with Crippen LogP contribution in [0.1, 0.15) is 0 Å². The molecule has 14 heavy (non-hydrogen) atoms. The Kier molecular flexibility index (Phi) is 4.86. The van der Waals surface area contributed by atoms with Crippen LogP contribution in [0.15, 0.2) is 0 Å². The fraction of sp³-hybridized carbons (Fsp3) is 1.00. The van der Waals surface area contributed by atoms with Gasteiger partial charge in [0.05, 0.1) is 6.61 Å². The first-order chi connectivity index (χ1) is 6.10. The summed E-state index contributed by atoms with van der Waals surface area (Å²) in [5.74, 6) is 0. The van der Waals surface area contributed by atoms with Gasteiger partial charge < -0.3 is 35.0 Å². The highest BCUT2D eigenvalue weighted by Crippen LogP contribution is 2.56. The molecule has 11 heteroatoms. The molecule has 0 spiro atoms. The monoisotopic (exact) mass is 251 g/mol. The zero-order valence-electron chi connectivity index (χ0n) is 6.85. The fourth-order valence-electron chi connectivity index (χ4n) is 0.810. The van der Waals surface area contributed by atoms with Crippen molar-refractivity contribution < 1.29 is 38.9 Å². The topological polar surface area (TPSA) is 163 Å². The summed E-state index contributed by atoms with van der Waals surface area (Å²) in [7, 11) is -10.4. The molecule has 0 aliphatic carbocycles. The van der Waals surface area contributed by atoms with Gasteiger partial charge in [-0.05, 0) is 0 Å². The quantitative estimate of drug-likeness (QED) is 0.222. The molecule has 0 aromatic rings. The average molecular weight is 251 g/mol. The van der Waals surface area contributed by atoms with E-state index in [9.17, 15) is 14.3 Å². The Balaban J connectivity index is 4.94. The molecular formula is C3H11NO8P2. The van der Waals surface area contributed by atoms with Gasteiger partial charge in [0.25, 0.3) is 5.52 Å². The molecule has 6 N–H and O–H groups in total. The average Bonchev–Trinajstić information content (AvgIpc) is 1.78. The van der Waals surface area contributed by atoms with Gasteiger partial charge in [-0.1, -0.05) is 0 Å². The Morgan fingerprint density at radius 1 is 1.14 bits per heavy atom. The summed E-state index contributed by atoms with van der Waals surface area (Å²) >= 11 is 0. The number of aliphatic hydroxyl groups excluding tert-OH is 1. The second-order valence-electron chi connectivity index (χ2n) is 2.49. The lowest BCUT2D eigenvalue weighted by Crippen LogP contribution is -3.11. The van der Waals surface area contributed by atoms with Crippen LogP contribution in [0.5, 0.6) is 0 Å².